The minimum atomic E-state index is 0.151. The summed E-state index contributed by atoms with van der Waals surface area (Å²) >= 11 is 0. The molecule has 1 aromatic rings. The highest BCUT2D eigenvalue weighted by Crippen LogP contribution is 2.23. The normalized spacial score (nSPS) is 22.0. The summed E-state index contributed by atoms with van der Waals surface area (Å²) in [7, 11) is 0. The monoisotopic (exact) mass is 288 g/mol. The van der Waals surface area contributed by atoms with Crippen molar-refractivity contribution in [2.24, 2.45) is 11.7 Å². The quantitative estimate of drug-likeness (QED) is 0.758. The minimum absolute atomic E-state index is 0.151. The van der Waals surface area contributed by atoms with Crippen molar-refractivity contribution in [2.45, 2.75) is 57.4 Å². The summed E-state index contributed by atoms with van der Waals surface area (Å²) in [4.78, 5) is 12.0. The lowest BCUT2D eigenvalue weighted by atomic mass is 9.85. The number of hydrogen-bond acceptors (Lipinski definition) is 2. The summed E-state index contributed by atoms with van der Waals surface area (Å²) in [6.45, 7) is 0.805. The summed E-state index contributed by atoms with van der Waals surface area (Å²) < 4.78 is 0. The summed E-state index contributed by atoms with van der Waals surface area (Å²) in [5, 5.41) is 3.08. The van der Waals surface area contributed by atoms with Gasteiger partial charge >= 0.3 is 0 Å². The maximum Gasteiger partial charge on any atom is 0.223 e. The van der Waals surface area contributed by atoms with Gasteiger partial charge in [0.2, 0.25) is 5.91 Å². The summed E-state index contributed by atoms with van der Waals surface area (Å²) in [5.74, 6) is 0.367. The van der Waals surface area contributed by atoms with E-state index in [4.69, 9.17) is 5.73 Å². The Bertz CT molecular complexity index is 418. The first-order valence-electron chi connectivity index (χ1n) is 8.33. The van der Waals surface area contributed by atoms with Gasteiger partial charge in [-0.1, -0.05) is 43.2 Å². The Morgan fingerprint density at radius 3 is 2.71 bits per heavy atom. The molecule has 2 rings (SSSR count). The molecule has 0 aromatic heterocycles. The number of benzene rings is 1. The fraction of sp³-hybridized carbons (Fsp3) is 0.611. The van der Waals surface area contributed by atoms with E-state index in [1.54, 1.807) is 0 Å². The lowest BCUT2D eigenvalue weighted by Crippen LogP contribution is -2.38. The number of carbonyl (C=O) groups excluding carboxylic acids is 1. The fourth-order valence-electron chi connectivity index (χ4n) is 3.10. The molecule has 116 valence electrons. The van der Waals surface area contributed by atoms with Crippen molar-refractivity contribution in [3.8, 4) is 0 Å². The zero-order chi connectivity index (χ0) is 14.9. The Balaban J connectivity index is 1.52. The third-order valence-corrected chi connectivity index (χ3v) is 4.37. The van der Waals surface area contributed by atoms with Gasteiger partial charge in [0.1, 0.15) is 0 Å². The maximum absolute atomic E-state index is 12.0. The van der Waals surface area contributed by atoms with Gasteiger partial charge in [-0.3, -0.25) is 4.79 Å². The van der Waals surface area contributed by atoms with Crippen molar-refractivity contribution in [1.29, 1.82) is 0 Å². The van der Waals surface area contributed by atoms with E-state index in [0.29, 0.717) is 0 Å². The molecular formula is C18H28N2O. The zero-order valence-corrected chi connectivity index (χ0v) is 12.9. The van der Waals surface area contributed by atoms with Crippen molar-refractivity contribution in [3.05, 3.63) is 35.9 Å². The molecule has 3 N–H and O–H groups in total. The van der Waals surface area contributed by atoms with E-state index < -0.39 is 0 Å². The molecule has 2 unspecified atom stereocenters. The highest BCUT2D eigenvalue weighted by molar-refractivity contribution is 5.78. The van der Waals surface area contributed by atoms with Crippen LogP contribution in [0.1, 0.15) is 50.5 Å². The molecule has 0 saturated heterocycles. The van der Waals surface area contributed by atoms with Crippen molar-refractivity contribution in [3.63, 3.8) is 0 Å². The number of aryl methyl sites for hydroxylation is 1. The molecule has 1 amide bonds. The second-order valence-corrected chi connectivity index (χ2v) is 6.21. The van der Waals surface area contributed by atoms with E-state index in [9.17, 15) is 4.79 Å². The number of nitrogens with one attached hydrogen (secondary N) is 1. The molecule has 1 aromatic carbocycles. The highest BCUT2D eigenvalue weighted by atomic mass is 16.1. The standard InChI is InChI=1S/C18H28N2O/c19-17-12-7-11-16(14-17)18(21)20-13-6-2-5-10-15-8-3-1-4-9-15/h1,3-4,8-9,16-17H,2,5-7,10-14,19H2,(H,20,21). The minimum Gasteiger partial charge on any atom is -0.356 e. The fourth-order valence-corrected chi connectivity index (χ4v) is 3.10. The molecule has 2 atom stereocenters. The van der Waals surface area contributed by atoms with E-state index in [0.717, 1.165) is 45.1 Å². The van der Waals surface area contributed by atoms with Gasteiger partial charge in [-0.05, 0) is 44.1 Å². The maximum atomic E-state index is 12.0. The first-order valence-corrected chi connectivity index (χ1v) is 8.33. The predicted octanol–water partition coefficient (Wildman–Crippen LogP) is 3.03. The molecule has 0 aliphatic heterocycles. The van der Waals surface area contributed by atoms with E-state index in [1.807, 2.05) is 0 Å². The van der Waals surface area contributed by atoms with Crippen molar-refractivity contribution in [2.75, 3.05) is 6.54 Å². The molecule has 0 bridgehead atoms. The Hall–Kier alpha value is -1.35. The average molecular weight is 288 g/mol. The van der Waals surface area contributed by atoms with E-state index in [-0.39, 0.29) is 17.9 Å². The van der Waals surface area contributed by atoms with Crippen LogP contribution in [-0.4, -0.2) is 18.5 Å². The van der Waals surface area contributed by atoms with Crippen LogP contribution < -0.4 is 11.1 Å². The van der Waals surface area contributed by atoms with Crippen LogP contribution in [0.4, 0.5) is 0 Å². The molecule has 0 spiro atoms. The third-order valence-electron chi connectivity index (χ3n) is 4.37. The van der Waals surface area contributed by atoms with Crippen LogP contribution >= 0.6 is 0 Å². The Labute approximate surface area is 128 Å². The molecular weight excluding hydrogens is 260 g/mol. The van der Waals surface area contributed by atoms with Gasteiger partial charge in [0, 0.05) is 18.5 Å². The number of rotatable bonds is 7. The molecule has 1 fully saturated rings. The SMILES string of the molecule is NC1CCCC(C(=O)NCCCCCc2ccccc2)C1. The van der Waals surface area contributed by atoms with Gasteiger partial charge in [-0.15, -0.1) is 0 Å². The van der Waals surface area contributed by atoms with Crippen molar-refractivity contribution < 1.29 is 4.79 Å². The molecule has 0 radical (unpaired) electrons. The van der Waals surface area contributed by atoms with Gasteiger partial charge in [0.25, 0.3) is 0 Å². The first kappa shape index (κ1) is 16.0. The van der Waals surface area contributed by atoms with E-state index in [1.165, 1.54) is 18.4 Å². The van der Waals surface area contributed by atoms with Crippen LogP contribution in [0.15, 0.2) is 30.3 Å². The number of carbonyl (C=O) groups is 1. The Morgan fingerprint density at radius 2 is 1.95 bits per heavy atom. The van der Waals surface area contributed by atoms with E-state index >= 15 is 0 Å². The Morgan fingerprint density at radius 1 is 1.14 bits per heavy atom. The highest BCUT2D eigenvalue weighted by Gasteiger charge is 2.24. The molecule has 3 nitrogen and oxygen atoms in total. The largest absolute Gasteiger partial charge is 0.356 e. The van der Waals surface area contributed by atoms with Crippen LogP contribution in [-0.2, 0) is 11.2 Å². The zero-order valence-electron chi connectivity index (χ0n) is 12.9. The van der Waals surface area contributed by atoms with Crippen molar-refractivity contribution >= 4 is 5.91 Å². The number of hydrogen-bond donors (Lipinski definition) is 2. The van der Waals surface area contributed by atoms with Gasteiger partial charge in [0.05, 0.1) is 0 Å². The van der Waals surface area contributed by atoms with Crippen LogP contribution in [0, 0.1) is 5.92 Å². The summed E-state index contributed by atoms with van der Waals surface area (Å²) in [5.41, 5.74) is 7.33. The molecule has 3 heteroatoms. The lowest BCUT2D eigenvalue weighted by Gasteiger charge is -2.25. The lowest BCUT2D eigenvalue weighted by molar-refractivity contribution is -0.126. The summed E-state index contributed by atoms with van der Waals surface area (Å²) in [6, 6.07) is 10.8. The first-order chi connectivity index (χ1) is 10.3. The van der Waals surface area contributed by atoms with Crippen LogP contribution in [0.3, 0.4) is 0 Å². The van der Waals surface area contributed by atoms with Gasteiger partial charge in [0.15, 0.2) is 0 Å². The van der Waals surface area contributed by atoms with Gasteiger partial charge < -0.3 is 11.1 Å². The van der Waals surface area contributed by atoms with Crippen LogP contribution in [0.5, 0.6) is 0 Å². The molecule has 21 heavy (non-hydrogen) atoms. The van der Waals surface area contributed by atoms with Crippen LogP contribution in [0.2, 0.25) is 0 Å². The molecule has 1 aliphatic rings. The molecule has 0 heterocycles. The van der Waals surface area contributed by atoms with E-state index in [2.05, 4.69) is 35.6 Å². The molecule has 1 saturated carbocycles. The number of nitrogens with two attached hydrogens (primary N) is 1. The summed E-state index contributed by atoms with van der Waals surface area (Å²) in [6.07, 6.45) is 8.59. The van der Waals surface area contributed by atoms with Gasteiger partial charge in [-0.25, -0.2) is 0 Å². The topological polar surface area (TPSA) is 55.1 Å². The average Bonchev–Trinajstić information content (AvgIpc) is 2.51. The molecule has 1 aliphatic carbocycles. The van der Waals surface area contributed by atoms with Crippen molar-refractivity contribution in [1.82, 2.24) is 5.32 Å². The predicted molar refractivity (Wildman–Crippen MR) is 86.9 cm³/mol. The van der Waals surface area contributed by atoms with Gasteiger partial charge in [-0.2, -0.15) is 0 Å². The second kappa shape index (κ2) is 8.83. The Kier molecular flexibility index (Phi) is 6.74. The third kappa shape index (κ3) is 5.88. The smallest absolute Gasteiger partial charge is 0.223 e. The van der Waals surface area contributed by atoms with Crippen LogP contribution in [0.25, 0.3) is 0 Å². The second-order valence-electron chi connectivity index (χ2n) is 6.21. The number of amides is 1. The number of unbranched alkanes of at least 4 members (excludes halogenated alkanes) is 2.